The molecule has 0 aliphatic rings. The summed E-state index contributed by atoms with van der Waals surface area (Å²) in [6.07, 6.45) is 6.73. The Hall–Kier alpha value is -3.85. The van der Waals surface area contributed by atoms with Crippen molar-refractivity contribution in [2.24, 2.45) is 0 Å². The van der Waals surface area contributed by atoms with E-state index in [1.165, 1.54) is 0 Å². The van der Waals surface area contributed by atoms with Gasteiger partial charge in [0.2, 0.25) is 5.95 Å². The van der Waals surface area contributed by atoms with Gasteiger partial charge >= 0.3 is 0 Å². The molecule has 4 rings (SSSR count). The topological polar surface area (TPSA) is 117 Å². The molecule has 26 heavy (non-hydrogen) atoms. The highest BCUT2D eigenvalue weighted by atomic mass is 16.5. The van der Waals surface area contributed by atoms with Crippen molar-refractivity contribution in [3.05, 3.63) is 66.9 Å². The fourth-order valence-electron chi connectivity index (χ4n) is 2.48. The van der Waals surface area contributed by atoms with Crippen LogP contribution < -0.4 is 10.8 Å². The number of fused-ring (bicyclic) bond motifs is 1. The van der Waals surface area contributed by atoms with Crippen LogP contribution in [0.2, 0.25) is 0 Å². The number of hydrogen-bond acceptors (Lipinski definition) is 7. The van der Waals surface area contributed by atoms with Gasteiger partial charge in [0.05, 0.1) is 17.6 Å². The molecule has 0 radical (unpaired) electrons. The van der Waals surface area contributed by atoms with Crippen LogP contribution in [0.5, 0.6) is 0 Å². The van der Waals surface area contributed by atoms with Crippen molar-refractivity contribution in [1.29, 1.82) is 0 Å². The van der Waals surface area contributed by atoms with E-state index in [4.69, 9.17) is 5.21 Å². The van der Waals surface area contributed by atoms with Crippen molar-refractivity contribution in [2.75, 3.05) is 5.32 Å². The first-order valence-electron chi connectivity index (χ1n) is 7.66. The third-order valence-corrected chi connectivity index (χ3v) is 3.74. The van der Waals surface area contributed by atoms with Gasteiger partial charge in [-0.25, -0.2) is 25.4 Å². The van der Waals surface area contributed by atoms with Crippen LogP contribution in [0.15, 0.2) is 61.3 Å². The molecule has 3 aromatic heterocycles. The van der Waals surface area contributed by atoms with Crippen molar-refractivity contribution in [3.8, 4) is 11.4 Å². The summed E-state index contributed by atoms with van der Waals surface area (Å²) in [4.78, 5) is 28.5. The Bertz CT molecular complexity index is 1080. The highest BCUT2D eigenvalue weighted by Crippen LogP contribution is 2.20. The number of anilines is 2. The Morgan fingerprint density at radius 1 is 1.04 bits per heavy atom. The second kappa shape index (κ2) is 6.57. The van der Waals surface area contributed by atoms with E-state index in [2.05, 4.69) is 25.3 Å². The molecule has 0 bridgehead atoms. The number of hydrogen-bond donors (Lipinski definition) is 3. The number of imidazole rings is 1. The fraction of sp³-hybridized carbons (Fsp3) is 0. The normalized spacial score (nSPS) is 10.7. The van der Waals surface area contributed by atoms with Crippen molar-refractivity contribution >= 4 is 23.2 Å². The molecule has 128 valence electrons. The molecule has 1 aromatic carbocycles. The van der Waals surface area contributed by atoms with E-state index >= 15 is 0 Å². The van der Waals surface area contributed by atoms with Gasteiger partial charge < -0.3 is 5.32 Å². The standard InChI is InChI=1S/C17H13N7O2/c25-16(23-26)11-1-3-12(4-2-11)21-17-19-8-5-13(22-17)14-9-20-15-6-7-18-10-24(14)15/h1-10,26H,(H,23,25)(H,19,21,22). The molecular formula is C17H13N7O2. The fourth-order valence-corrected chi connectivity index (χ4v) is 2.48. The first-order valence-corrected chi connectivity index (χ1v) is 7.66. The zero-order valence-corrected chi connectivity index (χ0v) is 13.4. The number of hydroxylamine groups is 1. The zero-order chi connectivity index (χ0) is 17.9. The smallest absolute Gasteiger partial charge is 0.274 e. The highest BCUT2D eigenvalue weighted by Gasteiger charge is 2.09. The van der Waals surface area contributed by atoms with Gasteiger partial charge in [0, 0.05) is 23.6 Å². The van der Waals surface area contributed by atoms with Gasteiger partial charge in [-0.05, 0) is 36.4 Å². The van der Waals surface area contributed by atoms with E-state index in [1.54, 1.807) is 60.7 Å². The molecular weight excluding hydrogens is 334 g/mol. The molecule has 4 aromatic rings. The molecule has 3 N–H and O–H groups in total. The summed E-state index contributed by atoms with van der Waals surface area (Å²) >= 11 is 0. The van der Waals surface area contributed by atoms with Crippen LogP contribution >= 0.6 is 0 Å². The Labute approximate surface area is 147 Å². The lowest BCUT2D eigenvalue weighted by molar-refractivity contribution is 0.0706. The van der Waals surface area contributed by atoms with Crippen LogP contribution in [0.3, 0.4) is 0 Å². The van der Waals surface area contributed by atoms with Crippen molar-refractivity contribution < 1.29 is 10.0 Å². The van der Waals surface area contributed by atoms with E-state index in [-0.39, 0.29) is 0 Å². The number of nitrogens with one attached hydrogen (secondary N) is 2. The van der Waals surface area contributed by atoms with Crippen LogP contribution in [-0.2, 0) is 0 Å². The van der Waals surface area contributed by atoms with Gasteiger partial charge in [-0.3, -0.25) is 14.4 Å². The Balaban J connectivity index is 1.61. The number of aromatic nitrogens is 5. The monoisotopic (exact) mass is 347 g/mol. The predicted octanol–water partition coefficient (Wildman–Crippen LogP) is 2.05. The van der Waals surface area contributed by atoms with Crippen molar-refractivity contribution in [3.63, 3.8) is 0 Å². The Morgan fingerprint density at radius 2 is 1.88 bits per heavy atom. The molecule has 0 aliphatic heterocycles. The minimum atomic E-state index is -0.573. The summed E-state index contributed by atoms with van der Waals surface area (Å²) < 4.78 is 1.84. The number of benzene rings is 1. The molecule has 9 nitrogen and oxygen atoms in total. The summed E-state index contributed by atoms with van der Waals surface area (Å²) in [5.74, 6) is -0.170. The van der Waals surface area contributed by atoms with E-state index in [0.29, 0.717) is 22.9 Å². The maximum Gasteiger partial charge on any atom is 0.274 e. The van der Waals surface area contributed by atoms with Crippen LogP contribution in [0.25, 0.3) is 17.0 Å². The first-order chi connectivity index (χ1) is 12.7. The quantitative estimate of drug-likeness (QED) is 0.382. The van der Waals surface area contributed by atoms with E-state index < -0.39 is 5.91 Å². The number of carbonyl (C=O) groups is 1. The van der Waals surface area contributed by atoms with E-state index in [0.717, 1.165) is 11.3 Å². The van der Waals surface area contributed by atoms with Crippen molar-refractivity contribution in [1.82, 2.24) is 29.8 Å². The van der Waals surface area contributed by atoms with Gasteiger partial charge in [0.1, 0.15) is 12.0 Å². The predicted molar refractivity (Wildman–Crippen MR) is 93.0 cm³/mol. The van der Waals surface area contributed by atoms with Gasteiger partial charge in [-0.1, -0.05) is 0 Å². The second-order valence-electron chi connectivity index (χ2n) is 5.36. The summed E-state index contributed by atoms with van der Waals surface area (Å²) in [5, 5.41) is 11.7. The number of carbonyl (C=O) groups excluding carboxylic acids is 1. The van der Waals surface area contributed by atoms with Crippen LogP contribution in [0.4, 0.5) is 11.6 Å². The summed E-state index contributed by atoms with van der Waals surface area (Å²) in [5.41, 5.74) is 4.91. The zero-order valence-electron chi connectivity index (χ0n) is 13.4. The number of amides is 1. The maximum absolute atomic E-state index is 11.3. The summed E-state index contributed by atoms with van der Waals surface area (Å²) in [6.45, 7) is 0. The Morgan fingerprint density at radius 3 is 2.69 bits per heavy atom. The first kappa shape index (κ1) is 15.7. The largest absolute Gasteiger partial charge is 0.324 e. The van der Waals surface area contributed by atoms with E-state index in [9.17, 15) is 4.79 Å². The SMILES string of the molecule is O=C(NO)c1ccc(Nc2nccc(-c3cnc4ccncn34)n2)cc1. The van der Waals surface area contributed by atoms with Crippen LogP contribution in [0.1, 0.15) is 10.4 Å². The molecule has 3 heterocycles. The number of nitrogens with zero attached hydrogens (tertiary/aromatic N) is 5. The van der Waals surface area contributed by atoms with Gasteiger partial charge in [-0.2, -0.15) is 0 Å². The minimum Gasteiger partial charge on any atom is -0.324 e. The van der Waals surface area contributed by atoms with E-state index in [1.807, 2.05) is 10.5 Å². The maximum atomic E-state index is 11.3. The van der Waals surface area contributed by atoms with Gasteiger partial charge in [-0.15, -0.1) is 0 Å². The molecule has 0 spiro atoms. The molecule has 0 atom stereocenters. The molecule has 1 amide bonds. The lowest BCUT2D eigenvalue weighted by Crippen LogP contribution is -2.18. The molecule has 0 saturated carbocycles. The van der Waals surface area contributed by atoms with Crippen LogP contribution in [-0.4, -0.2) is 35.5 Å². The third kappa shape index (κ3) is 2.94. The molecule has 0 fully saturated rings. The van der Waals surface area contributed by atoms with Crippen molar-refractivity contribution in [2.45, 2.75) is 0 Å². The lowest BCUT2D eigenvalue weighted by Gasteiger charge is -2.07. The van der Waals surface area contributed by atoms with Gasteiger partial charge in [0.25, 0.3) is 5.91 Å². The summed E-state index contributed by atoms with van der Waals surface area (Å²) in [6, 6.07) is 10.1. The molecule has 0 saturated heterocycles. The Kier molecular flexibility index (Phi) is 3.96. The highest BCUT2D eigenvalue weighted by molar-refractivity contribution is 5.93. The molecule has 0 aliphatic carbocycles. The molecule has 0 unspecified atom stereocenters. The average molecular weight is 347 g/mol. The van der Waals surface area contributed by atoms with Gasteiger partial charge in [0.15, 0.2) is 0 Å². The third-order valence-electron chi connectivity index (χ3n) is 3.74. The van der Waals surface area contributed by atoms with Crippen LogP contribution in [0, 0.1) is 0 Å². The number of rotatable bonds is 4. The average Bonchev–Trinajstić information content (AvgIpc) is 3.12. The lowest BCUT2D eigenvalue weighted by atomic mass is 10.2. The second-order valence-corrected chi connectivity index (χ2v) is 5.36. The molecule has 9 heteroatoms. The minimum absolute atomic E-state index is 0.339. The summed E-state index contributed by atoms with van der Waals surface area (Å²) in [7, 11) is 0.